The highest BCUT2D eigenvalue weighted by molar-refractivity contribution is 9.10. The summed E-state index contributed by atoms with van der Waals surface area (Å²) in [5, 5.41) is 2.68. The minimum atomic E-state index is -1.26. The van der Waals surface area contributed by atoms with Gasteiger partial charge in [-0.05, 0) is 51.0 Å². The molecule has 0 aliphatic carbocycles. The Morgan fingerprint density at radius 2 is 1.89 bits per heavy atom. The summed E-state index contributed by atoms with van der Waals surface area (Å²) in [6.45, 7) is 6.01. The van der Waals surface area contributed by atoms with Crippen molar-refractivity contribution < 1.29 is 19.2 Å². The molecule has 7 nitrogen and oxygen atoms in total. The molecule has 8 heteroatoms. The van der Waals surface area contributed by atoms with E-state index >= 15 is 0 Å². The van der Waals surface area contributed by atoms with E-state index < -0.39 is 29.8 Å². The number of urea groups is 1. The number of amides is 3. The fraction of sp³-hybridized carbons (Fsp3) is 0.300. The van der Waals surface area contributed by atoms with Crippen molar-refractivity contribution in [1.82, 2.24) is 15.2 Å². The van der Waals surface area contributed by atoms with Crippen LogP contribution in [0.25, 0.3) is 0 Å². The summed E-state index contributed by atoms with van der Waals surface area (Å²) in [6, 6.07) is 6.45. The average molecular weight is 446 g/mol. The number of benzene rings is 1. The number of nitrogens with zero attached hydrogens (tertiary/aromatic N) is 1. The van der Waals surface area contributed by atoms with Crippen LogP contribution in [0.5, 0.6) is 0 Å². The van der Waals surface area contributed by atoms with E-state index in [1.807, 2.05) is 6.07 Å². The summed E-state index contributed by atoms with van der Waals surface area (Å²) in [7, 11) is 0. The van der Waals surface area contributed by atoms with E-state index in [0.717, 1.165) is 9.37 Å². The number of aryl methyl sites for hydroxylation is 1. The number of rotatable bonds is 5. The number of halogens is 1. The lowest BCUT2D eigenvalue weighted by molar-refractivity contribution is -0.130. The predicted molar refractivity (Wildman–Crippen MR) is 106 cm³/mol. The standard InChI is InChI=1S/C20H20BrN3O4/c1-10-16(12(3)25)11(2)22-17(10)15(26)9-24-18(27)20(4,23-19(24)28)13-6-5-7-14(21)8-13/h5-8,22H,9H2,1-4H3,(H,23,28)/t20-/m0/s1. The number of nitrogens with one attached hydrogen (secondary N) is 2. The van der Waals surface area contributed by atoms with E-state index in [9.17, 15) is 19.2 Å². The molecule has 146 valence electrons. The summed E-state index contributed by atoms with van der Waals surface area (Å²) in [4.78, 5) is 53.8. The quantitative estimate of drug-likeness (QED) is 0.544. The van der Waals surface area contributed by atoms with Crippen molar-refractivity contribution >= 4 is 39.4 Å². The van der Waals surface area contributed by atoms with Gasteiger partial charge in [0.2, 0.25) is 0 Å². The van der Waals surface area contributed by atoms with Gasteiger partial charge < -0.3 is 10.3 Å². The van der Waals surface area contributed by atoms with Gasteiger partial charge in [-0.2, -0.15) is 0 Å². The number of aromatic amines is 1. The van der Waals surface area contributed by atoms with Gasteiger partial charge in [-0.1, -0.05) is 28.1 Å². The molecule has 2 aromatic rings. The lowest BCUT2D eigenvalue weighted by Crippen LogP contribution is -2.41. The first-order valence-corrected chi connectivity index (χ1v) is 9.49. The van der Waals surface area contributed by atoms with E-state index in [1.165, 1.54) is 6.92 Å². The van der Waals surface area contributed by atoms with Crippen molar-refractivity contribution in [3.8, 4) is 0 Å². The zero-order valence-corrected chi connectivity index (χ0v) is 17.6. The number of hydrogen-bond donors (Lipinski definition) is 2. The third-order valence-corrected chi connectivity index (χ3v) is 5.54. The Kier molecular flexibility index (Phi) is 5.01. The molecule has 3 rings (SSSR count). The van der Waals surface area contributed by atoms with Gasteiger partial charge in [0.05, 0.1) is 12.2 Å². The molecule has 1 aliphatic heterocycles. The summed E-state index contributed by atoms with van der Waals surface area (Å²) >= 11 is 3.36. The Labute approximate surface area is 170 Å². The first kappa shape index (κ1) is 20.0. The number of hydrogen-bond acceptors (Lipinski definition) is 4. The smallest absolute Gasteiger partial charge is 0.325 e. The number of Topliss-reactive ketones (excluding diaryl/α,β-unsaturated/α-hetero) is 2. The first-order chi connectivity index (χ1) is 13.1. The maximum Gasteiger partial charge on any atom is 0.325 e. The molecular formula is C20H20BrN3O4. The highest BCUT2D eigenvalue weighted by Gasteiger charge is 2.49. The number of ketones is 2. The Morgan fingerprint density at radius 1 is 1.21 bits per heavy atom. The van der Waals surface area contributed by atoms with Crippen LogP contribution >= 0.6 is 15.9 Å². The number of imide groups is 1. The second-order valence-electron chi connectivity index (χ2n) is 7.06. The Bertz CT molecular complexity index is 1030. The Hall–Kier alpha value is -2.74. The van der Waals surface area contributed by atoms with E-state index in [0.29, 0.717) is 22.4 Å². The molecule has 1 aromatic carbocycles. The topological polar surface area (TPSA) is 99.3 Å². The van der Waals surface area contributed by atoms with Crippen LogP contribution in [0, 0.1) is 13.8 Å². The lowest BCUT2D eigenvalue weighted by atomic mass is 9.92. The molecule has 1 fully saturated rings. The third-order valence-electron chi connectivity index (χ3n) is 5.05. The molecule has 0 spiro atoms. The largest absolute Gasteiger partial charge is 0.355 e. The number of H-pyrrole nitrogens is 1. The molecule has 28 heavy (non-hydrogen) atoms. The molecule has 0 unspecified atom stereocenters. The average Bonchev–Trinajstić information content (AvgIpc) is 3.03. The minimum Gasteiger partial charge on any atom is -0.355 e. The monoisotopic (exact) mass is 445 g/mol. The van der Waals surface area contributed by atoms with Gasteiger partial charge in [0.15, 0.2) is 11.6 Å². The fourth-order valence-corrected chi connectivity index (χ4v) is 4.01. The molecule has 3 amide bonds. The Balaban J connectivity index is 1.88. The van der Waals surface area contributed by atoms with Crippen molar-refractivity contribution in [2.45, 2.75) is 33.2 Å². The molecule has 1 saturated heterocycles. The van der Waals surface area contributed by atoms with Gasteiger partial charge in [0.25, 0.3) is 5.91 Å². The summed E-state index contributed by atoms with van der Waals surface area (Å²) in [6.07, 6.45) is 0. The van der Waals surface area contributed by atoms with Crippen LogP contribution in [-0.2, 0) is 10.3 Å². The predicted octanol–water partition coefficient (Wildman–Crippen LogP) is 3.25. The highest BCUT2D eigenvalue weighted by Crippen LogP contribution is 2.30. The van der Waals surface area contributed by atoms with Crippen LogP contribution in [0.1, 0.15) is 51.5 Å². The van der Waals surface area contributed by atoms with Gasteiger partial charge in [-0.3, -0.25) is 19.3 Å². The van der Waals surface area contributed by atoms with Crippen molar-refractivity contribution in [3.05, 3.63) is 56.8 Å². The number of carbonyl (C=O) groups is 4. The van der Waals surface area contributed by atoms with Crippen LogP contribution in [0.3, 0.4) is 0 Å². The van der Waals surface area contributed by atoms with Gasteiger partial charge in [0, 0.05) is 15.7 Å². The second-order valence-corrected chi connectivity index (χ2v) is 7.98. The molecular weight excluding hydrogens is 426 g/mol. The van der Waals surface area contributed by atoms with Gasteiger partial charge in [-0.15, -0.1) is 0 Å². The molecule has 2 N–H and O–H groups in total. The normalized spacial score (nSPS) is 19.1. The lowest BCUT2D eigenvalue weighted by Gasteiger charge is -2.22. The SMILES string of the molecule is CC(=O)c1c(C)[nH]c(C(=O)CN2C(=O)N[C@@](C)(c3cccc(Br)c3)C2=O)c1C. The molecule has 0 saturated carbocycles. The van der Waals surface area contributed by atoms with Crippen LogP contribution in [0.15, 0.2) is 28.7 Å². The maximum atomic E-state index is 13.0. The molecule has 0 radical (unpaired) electrons. The second kappa shape index (κ2) is 7.01. The number of carbonyl (C=O) groups excluding carboxylic acids is 4. The van der Waals surface area contributed by atoms with Gasteiger partial charge >= 0.3 is 6.03 Å². The van der Waals surface area contributed by atoms with Gasteiger partial charge in [0.1, 0.15) is 5.54 Å². The zero-order chi connectivity index (χ0) is 20.8. The Morgan fingerprint density at radius 3 is 2.46 bits per heavy atom. The first-order valence-electron chi connectivity index (χ1n) is 8.69. The van der Waals surface area contributed by atoms with Crippen LogP contribution < -0.4 is 5.32 Å². The fourth-order valence-electron chi connectivity index (χ4n) is 3.62. The zero-order valence-electron chi connectivity index (χ0n) is 16.0. The van der Waals surface area contributed by atoms with E-state index in [2.05, 4.69) is 26.2 Å². The van der Waals surface area contributed by atoms with Crippen LogP contribution in [0.4, 0.5) is 4.79 Å². The van der Waals surface area contributed by atoms with E-state index in [4.69, 9.17) is 0 Å². The summed E-state index contributed by atoms with van der Waals surface area (Å²) in [5.41, 5.74) is 1.16. The van der Waals surface area contributed by atoms with Crippen LogP contribution in [-0.4, -0.2) is 39.9 Å². The highest BCUT2D eigenvalue weighted by atomic mass is 79.9. The third kappa shape index (κ3) is 3.17. The maximum absolute atomic E-state index is 13.0. The van der Waals surface area contributed by atoms with Crippen molar-refractivity contribution in [3.63, 3.8) is 0 Å². The van der Waals surface area contributed by atoms with Crippen molar-refractivity contribution in [1.29, 1.82) is 0 Å². The van der Waals surface area contributed by atoms with Crippen molar-refractivity contribution in [2.24, 2.45) is 0 Å². The number of aromatic nitrogens is 1. The summed E-state index contributed by atoms with van der Waals surface area (Å²) in [5.74, 6) is -1.09. The molecule has 0 bridgehead atoms. The molecule has 2 heterocycles. The minimum absolute atomic E-state index is 0.150. The van der Waals surface area contributed by atoms with Crippen LogP contribution in [0.2, 0.25) is 0 Å². The molecule has 1 aliphatic rings. The van der Waals surface area contributed by atoms with E-state index in [1.54, 1.807) is 39.0 Å². The molecule has 1 atom stereocenters. The summed E-state index contributed by atoms with van der Waals surface area (Å²) < 4.78 is 0.775. The van der Waals surface area contributed by atoms with E-state index in [-0.39, 0.29) is 11.5 Å². The van der Waals surface area contributed by atoms with Gasteiger partial charge in [-0.25, -0.2) is 4.79 Å². The van der Waals surface area contributed by atoms with Crippen molar-refractivity contribution in [2.75, 3.05) is 6.54 Å². The molecule has 1 aromatic heterocycles.